The minimum absolute atomic E-state index is 0.00459. The summed E-state index contributed by atoms with van der Waals surface area (Å²) in [6.45, 7) is 0.407. The lowest BCUT2D eigenvalue weighted by atomic mass is 9.80. The average molecular weight is 515 g/mol. The molecule has 0 saturated carbocycles. The summed E-state index contributed by atoms with van der Waals surface area (Å²) in [5.74, 6) is -2.40. The van der Waals surface area contributed by atoms with Gasteiger partial charge in [0.25, 0.3) is 0 Å². The zero-order valence-corrected chi connectivity index (χ0v) is 19.8. The van der Waals surface area contributed by atoms with Crippen molar-refractivity contribution >= 4 is 17.5 Å². The van der Waals surface area contributed by atoms with Crippen LogP contribution in [0.5, 0.6) is 11.5 Å². The predicted octanol–water partition coefficient (Wildman–Crippen LogP) is 4.85. The summed E-state index contributed by atoms with van der Waals surface area (Å²) in [6.07, 6.45) is -0.334. The molecule has 36 heavy (non-hydrogen) atoms. The summed E-state index contributed by atoms with van der Waals surface area (Å²) in [4.78, 5) is 12.4. The van der Waals surface area contributed by atoms with Crippen molar-refractivity contribution in [2.24, 2.45) is 5.73 Å². The van der Waals surface area contributed by atoms with Gasteiger partial charge in [-0.2, -0.15) is 0 Å². The highest BCUT2D eigenvalue weighted by atomic mass is 35.5. The molecule has 0 aromatic heterocycles. The van der Waals surface area contributed by atoms with E-state index in [-0.39, 0.29) is 59.2 Å². The van der Waals surface area contributed by atoms with Crippen LogP contribution in [0.3, 0.4) is 0 Å². The molecule has 5 nitrogen and oxygen atoms in total. The van der Waals surface area contributed by atoms with Gasteiger partial charge in [-0.15, -0.1) is 0 Å². The molecule has 3 atom stereocenters. The maximum atomic E-state index is 15.9. The topological polar surface area (TPSA) is 73.6 Å². The maximum Gasteiger partial charge on any atom is 0.249 e. The number of carbonyl (C=O) groups is 1. The molecule has 1 saturated heterocycles. The number of nitrogens with one attached hydrogen (secondary N) is 1. The maximum absolute atomic E-state index is 15.9. The number of hydrogen-bond acceptors (Lipinski definition) is 4. The van der Waals surface area contributed by atoms with E-state index in [0.717, 1.165) is 11.6 Å². The lowest BCUT2D eigenvalue weighted by Crippen LogP contribution is -2.48. The highest BCUT2D eigenvalue weighted by Crippen LogP contribution is 2.53. The van der Waals surface area contributed by atoms with E-state index in [1.54, 1.807) is 0 Å². The molecule has 9 heteroatoms. The minimum atomic E-state index is -1.10. The van der Waals surface area contributed by atoms with Crippen LogP contribution < -0.4 is 20.5 Å². The Morgan fingerprint density at radius 3 is 2.64 bits per heavy atom. The van der Waals surface area contributed by atoms with Crippen molar-refractivity contribution in [3.8, 4) is 22.6 Å². The van der Waals surface area contributed by atoms with Crippen molar-refractivity contribution in [2.45, 2.75) is 37.1 Å². The van der Waals surface area contributed by atoms with Crippen LogP contribution >= 0.6 is 11.6 Å². The van der Waals surface area contributed by atoms with E-state index in [2.05, 4.69) is 5.32 Å². The Kier molecular flexibility index (Phi) is 5.42. The van der Waals surface area contributed by atoms with Crippen LogP contribution in [0, 0.1) is 11.6 Å². The first-order valence-corrected chi connectivity index (χ1v) is 12.1. The van der Waals surface area contributed by atoms with Gasteiger partial charge in [-0.05, 0) is 18.1 Å². The van der Waals surface area contributed by atoms with E-state index in [1.165, 1.54) is 6.07 Å². The Bertz CT molecular complexity index is 1400. The number of benzene rings is 3. The van der Waals surface area contributed by atoms with Crippen LogP contribution in [0.4, 0.5) is 13.2 Å². The number of alkyl halides is 1. The summed E-state index contributed by atoms with van der Waals surface area (Å²) in [5, 5.41) is 2.83. The van der Waals surface area contributed by atoms with E-state index in [0.29, 0.717) is 17.5 Å². The molecule has 1 amide bonds. The van der Waals surface area contributed by atoms with Gasteiger partial charge >= 0.3 is 0 Å². The highest BCUT2D eigenvalue weighted by molar-refractivity contribution is 6.34. The number of nitrogens with two attached hydrogens (primary N) is 1. The Balaban J connectivity index is 1.60. The molecular weight excluding hydrogens is 493 g/mol. The fraction of sp³-hybridized carbons (Fsp3) is 0.296. The van der Waals surface area contributed by atoms with Gasteiger partial charge in [-0.3, -0.25) is 4.79 Å². The first kappa shape index (κ1) is 23.2. The molecule has 3 N–H and O–H groups in total. The lowest BCUT2D eigenvalue weighted by molar-refractivity contribution is 0.0517. The number of hydrogen-bond donors (Lipinski definition) is 2. The summed E-state index contributed by atoms with van der Waals surface area (Å²) < 4.78 is 57.3. The van der Waals surface area contributed by atoms with Crippen molar-refractivity contribution in [3.05, 3.63) is 81.4 Å². The van der Waals surface area contributed by atoms with Crippen LogP contribution in [0.15, 0.2) is 42.5 Å². The fourth-order valence-corrected chi connectivity index (χ4v) is 5.98. The van der Waals surface area contributed by atoms with Gasteiger partial charge in [-0.25, -0.2) is 13.2 Å². The lowest BCUT2D eigenvalue weighted by Gasteiger charge is -2.35. The quantitative estimate of drug-likeness (QED) is 0.522. The number of rotatable bonds is 4. The van der Waals surface area contributed by atoms with Crippen LogP contribution in [-0.4, -0.2) is 31.3 Å². The van der Waals surface area contributed by atoms with Gasteiger partial charge in [0.15, 0.2) is 17.2 Å². The molecule has 0 bridgehead atoms. The number of primary amides is 1. The molecule has 0 aliphatic carbocycles. The smallest absolute Gasteiger partial charge is 0.249 e. The van der Waals surface area contributed by atoms with Gasteiger partial charge < -0.3 is 20.5 Å². The Hall–Kier alpha value is -3.23. The second kappa shape index (κ2) is 8.42. The normalized spacial score (nSPS) is 24.2. The van der Waals surface area contributed by atoms with E-state index < -0.39 is 35.4 Å². The van der Waals surface area contributed by atoms with Crippen molar-refractivity contribution in [1.29, 1.82) is 0 Å². The highest BCUT2D eigenvalue weighted by Gasteiger charge is 2.51. The summed E-state index contributed by atoms with van der Waals surface area (Å²) in [6, 6.07) is 11.4. The molecular formula is C27H22ClF3N2O3. The van der Waals surface area contributed by atoms with E-state index in [9.17, 15) is 9.18 Å². The second-order valence-corrected chi connectivity index (χ2v) is 9.79. The van der Waals surface area contributed by atoms with Gasteiger partial charge in [0.05, 0.1) is 23.2 Å². The summed E-state index contributed by atoms with van der Waals surface area (Å²) in [7, 11) is 0. The fourth-order valence-electron chi connectivity index (χ4n) is 5.72. The van der Waals surface area contributed by atoms with Crippen LogP contribution in [0.25, 0.3) is 11.1 Å². The zero-order chi connectivity index (χ0) is 25.2. The molecule has 3 aliphatic rings. The Morgan fingerprint density at radius 2 is 1.94 bits per heavy atom. The number of carbonyl (C=O) groups excluding carboxylic acids is 1. The molecule has 3 heterocycles. The van der Waals surface area contributed by atoms with E-state index in [4.69, 9.17) is 26.8 Å². The zero-order valence-electron chi connectivity index (χ0n) is 19.0. The van der Waals surface area contributed by atoms with Crippen molar-refractivity contribution in [1.82, 2.24) is 5.32 Å². The number of fused-ring (bicyclic) bond motifs is 2. The average Bonchev–Trinajstić information content (AvgIpc) is 3.60. The third kappa shape index (κ3) is 3.38. The monoisotopic (exact) mass is 514 g/mol. The van der Waals surface area contributed by atoms with E-state index >= 15 is 8.78 Å². The van der Waals surface area contributed by atoms with Gasteiger partial charge in [0.2, 0.25) is 5.91 Å². The van der Waals surface area contributed by atoms with Crippen molar-refractivity contribution < 1.29 is 27.4 Å². The molecule has 6 rings (SSSR count). The SMILES string of the molecule is NC(=O)c1cc2c(c(F)c1-c1c(Cl)c(F)cc3c1C[C@](c1ccccc1)([C@@H]1CC(F)CN1)O3)OCC2. The molecule has 3 aliphatic heterocycles. The first-order valence-electron chi connectivity index (χ1n) is 11.7. The molecule has 0 radical (unpaired) electrons. The molecule has 3 aromatic rings. The third-order valence-corrected chi connectivity index (χ3v) is 7.72. The predicted molar refractivity (Wildman–Crippen MR) is 128 cm³/mol. The Labute approximate surface area is 210 Å². The molecule has 3 aromatic carbocycles. The minimum Gasteiger partial charge on any atom is -0.490 e. The molecule has 186 valence electrons. The number of halogens is 4. The Morgan fingerprint density at radius 1 is 1.17 bits per heavy atom. The van der Waals surface area contributed by atoms with Crippen LogP contribution in [0.2, 0.25) is 5.02 Å². The van der Waals surface area contributed by atoms with Gasteiger partial charge in [0, 0.05) is 47.7 Å². The standard InChI is InChI=1S/C27H22ClF3N2O3/c28-23-18(30)10-19-17(21(23)22-16(26(32)34)8-13-6-7-35-25(13)24(22)31)11-27(36-19,14-4-2-1-3-5-14)20-9-15(29)12-33-20/h1-5,8,10,15,20,33H,6-7,9,11-12H2,(H2,32,34)/t15?,20-,27-/m0/s1. The van der Waals surface area contributed by atoms with Crippen molar-refractivity contribution in [3.63, 3.8) is 0 Å². The largest absolute Gasteiger partial charge is 0.490 e. The number of ether oxygens (including phenoxy) is 2. The number of amides is 1. The summed E-state index contributed by atoms with van der Waals surface area (Å²) >= 11 is 6.47. The molecule has 1 fully saturated rings. The van der Waals surface area contributed by atoms with E-state index in [1.807, 2.05) is 30.3 Å². The van der Waals surface area contributed by atoms with Gasteiger partial charge in [-0.1, -0.05) is 41.9 Å². The third-order valence-electron chi connectivity index (χ3n) is 7.35. The second-order valence-electron chi connectivity index (χ2n) is 9.42. The first-order chi connectivity index (χ1) is 17.3. The summed E-state index contributed by atoms with van der Waals surface area (Å²) in [5.41, 5.74) is 5.86. The van der Waals surface area contributed by atoms with Crippen LogP contribution in [-0.2, 0) is 18.4 Å². The van der Waals surface area contributed by atoms with Gasteiger partial charge in [0.1, 0.15) is 17.7 Å². The molecule has 1 unspecified atom stereocenters. The van der Waals surface area contributed by atoms with Crippen molar-refractivity contribution in [2.75, 3.05) is 13.2 Å². The van der Waals surface area contributed by atoms with Crippen LogP contribution in [0.1, 0.15) is 33.5 Å². The molecule has 0 spiro atoms.